The van der Waals surface area contributed by atoms with E-state index in [9.17, 15) is 4.79 Å². The minimum absolute atomic E-state index is 0.0139. The number of hydrogen-bond acceptors (Lipinski definition) is 5. The van der Waals surface area contributed by atoms with Gasteiger partial charge in [0, 0.05) is 6.04 Å². The Bertz CT molecular complexity index is 392. The predicted molar refractivity (Wildman–Crippen MR) is 59.4 cm³/mol. The number of carbonyl (C=O) groups is 1. The van der Waals surface area contributed by atoms with Gasteiger partial charge < -0.3 is 10.0 Å². The molecule has 1 aromatic heterocycles. The second-order valence-electron chi connectivity index (χ2n) is 3.90. The normalized spacial score (nSPS) is 10.6. The third-order valence-corrected chi connectivity index (χ3v) is 2.27. The van der Waals surface area contributed by atoms with Gasteiger partial charge in [-0.2, -0.15) is 5.10 Å². The molecule has 1 rings (SSSR count). The van der Waals surface area contributed by atoms with Crippen LogP contribution >= 0.6 is 0 Å². The number of nitrogens with zero attached hydrogens (tertiary/aromatic N) is 4. The number of aryl methyl sites for hydroxylation is 2. The first-order chi connectivity index (χ1) is 7.41. The highest BCUT2D eigenvalue weighted by atomic mass is 16.4. The van der Waals surface area contributed by atoms with Crippen LogP contribution in [0.25, 0.3) is 0 Å². The molecule has 0 aliphatic carbocycles. The molecule has 0 atom stereocenters. The molecule has 16 heavy (non-hydrogen) atoms. The van der Waals surface area contributed by atoms with Crippen molar-refractivity contribution in [3.63, 3.8) is 0 Å². The lowest BCUT2D eigenvalue weighted by molar-refractivity contribution is -0.135. The van der Waals surface area contributed by atoms with Crippen molar-refractivity contribution in [3.8, 4) is 0 Å². The summed E-state index contributed by atoms with van der Waals surface area (Å²) >= 11 is 0. The van der Waals surface area contributed by atoms with Crippen molar-refractivity contribution in [3.05, 3.63) is 11.4 Å². The molecule has 0 aromatic carbocycles. The first kappa shape index (κ1) is 12.4. The van der Waals surface area contributed by atoms with Crippen molar-refractivity contribution in [2.24, 2.45) is 0 Å². The fraction of sp³-hybridized carbons (Fsp3) is 0.600. The second kappa shape index (κ2) is 4.87. The van der Waals surface area contributed by atoms with E-state index in [-0.39, 0.29) is 12.6 Å². The molecule has 88 valence electrons. The Labute approximate surface area is 94.3 Å². The molecule has 0 amide bonds. The molecule has 0 fully saturated rings. The van der Waals surface area contributed by atoms with E-state index in [0.717, 1.165) is 11.4 Å². The third kappa shape index (κ3) is 2.88. The fourth-order valence-electron chi connectivity index (χ4n) is 1.20. The predicted octanol–water partition coefficient (Wildman–Crippen LogP) is 0.788. The average Bonchev–Trinajstić information content (AvgIpc) is 2.18. The molecule has 1 heterocycles. The summed E-state index contributed by atoms with van der Waals surface area (Å²) in [5.74, 6) is -0.545. The number of rotatable bonds is 4. The number of carboxylic acids is 1. The van der Waals surface area contributed by atoms with Crippen LogP contribution in [0.2, 0.25) is 0 Å². The molecule has 0 aliphatic heterocycles. The lowest BCUT2D eigenvalue weighted by Crippen LogP contribution is -2.37. The van der Waals surface area contributed by atoms with Gasteiger partial charge in [-0.25, -0.2) is 4.98 Å². The van der Waals surface area contributed by atoms with E-state index >= 15 is 0 Å². The molecule has 0 radical (unpaired) electrons. The maximum absolute atomic E-state index is 10.7. The largest absolute Gasteiger partial charge is 0.480 e. The lowest BCUT2D eigenvalue weighted by Gasteiger charge is -2.24. The molecular formula is C10H16N4O2. The summed E-state index contributed by atoms with van der Waals surface area (Å²) in [4.78, 5) is 16.6. The van der Waals surface area contributed by atoms with Crippen LogP contribution in [-0.2, 0) is 4.79 Å². The van der Waals surface area contributed by atoms with Crippen LogP contribution in [0.4, 0.5) is 5.95 Å². The smallest absolute Gasteiger partial charge is 0.323 e. The molecular weight excluding hydrogens is 208 g/mol. The SMILES string of the molecule is Cc1nnc(N(CC(=O)O)C(C)C)nc1C. The molecule has 0 saturated carbocycles. The van der Waals surface area contributed by atoms with Gasteiger partial charge in [-0.15, -0.1) is 5.10 Å². The minimum atomic E-state index is -0.907. The maximum Gasteiger partial charge on any atom is 0.323 e. The van der Waals surface area contributed by atoms with Gasteiger partial charge in [0.25, 0.3) is 0 Å². The molecule has 0 aliphatic rings. The van der Waals surface area contributed by atoms with E-state index in [2.05, 4.69) is 15.2 Å². The topological polar surface area (TPSA) is 79.2 Å². The molecule has 0 spiro atoms. The van der Waals surface area contributed by atoms with Gasteiger partial charge in [-0.3, -0.25) is 4.79 Å². The van der Waals surface area contributed by atoms with Gasteiger partial charge in [-0.1, -0.05) is 0 Å². The van der Waals surface area contributed by atoms with E-state index < -0.39 is 5.97 Å². The highest BCUT2D eigenvalue weighted by Gasteiger charge is 2.17. The van der Waals surface area contributed by atoms with E-state index in [1.165, 1.54) is 0 Å². The zero-order valence-electron chi connectivity index (χ0n) is 9.93. The summed E-state index contributed by atoms with van der Waals surface area (Å²) in [6.07, 6.45) is 0. The first-order valence-corrected chi connectivity index (χ1v) is 5.08. The van der Waals surface area contributed by atoms with Crippen LogP contribution in [0, 0.1) is 13.8 Å². The average molecular weight is 224 g/mol. The zero-order chi connectivity index (χ0) is 12.3. The summed E-state index contributed by atoms with van der Waals surface area (Å²) in [6.45, 7) is 7.30. The van der Waals surface area contributed by atoms with Crippen LogP contribution in [0.5, 0.6) is 0 Å². The van der Waals surface area contributed by atoms with E-state index in [1.807, 2.05) is 27.7 Å². The number of aliphatic carboxylic acids is 1. The van der Waals surface area contributed by atoms with E-state index in [1.54, 1.807) is 4.90 Å². The Morgan fingerprint density at radius 3 is 2.38 bits per heavy atom. The summed E-state index contributed by atoms with van der Waals surface area (Å²) in [6, 6.07) is 0.0139. The van der Waals surface area contributed by atoms with Crippen molar-refractivity contribution in [1.29, 1.82) is 0 Å². The summed E-state index contributed by atoms with van der Waals surface area (Å²) in [7, 11) is 0. The molecule has 6 heteroatoms. The Morgan fingerprint density at radius 1 is 1.31 bits per heavy atom. The monoisotopic (exact) mass is 224 g/mol. The van der Waals surface area contributed by atoms with Crippen LogP contribution in [-0.4, -0.2) is 38.8 Å². The maximum atomic E-state index is 10.7. The van der Waals surface area contributed by atoms with E-state index in [0.29, 0.717) is 5.95 Å². The van der Waals surface area contributed by atoms with Crippen LogP contribution < -0.4 is 4.90 Å². The Hall–Kier alpha value is -1.72. The van der Waals surface area contributed by atoms with Gasteiger partial charge in [0.2, 0.25) is 5.95 Å². The molecule has 0 saturated heterocycles. The molecule has 1 aromatic rings. The van der Waals surface area contributed by atoms with Gasteiger partial charge in [-0.05, 0) is 27.7 Å². The zero-order valence-corrected chi connectivity index (χ0v) is 9.93. The summed E-state index contributed by atoms with van der Waals surface area (Å²) < 4.78 is 0. The Kier molecular flexibility index (Phi) is 3.76. The molecule has 1 N–H and O–H groups in total. The quantitative estimate of drug-likeness (QED) is 0.814. The number of anilines is 1. The Balaban J connectivity index is 3.01. The van der Waals surface area contributed by atoms with Crippen LogP contribution in [0.1, 0.15) is 25.2 Å². The second-order valence-corrected chi connectivity index (χ2v) is 3.90. The summed E-state index contributed by atoms with van der Waals surface area (Å²) in [5, 5.41) is 16.7. The van der Waals surface area contributed by atoms with Gasteiger partial charge in [0.05, 0.1) is 11.4 Å². The van der Waals surface area contributed by atoms with Gasteiger partial charge >= 0.3 is 5.97 Å². The number of hydrogen-bond donors (Lipinski definition) is 1. The van der Waals surface area contributed by atoms with Crippen molar-refractivity contribution < 1.29 is 9.90 Å². The van der Waals surface area contributed by atoms with Crippen LogP contribution in [0.15, 0.2) is 0 Å². The van der Waals surface area contributed by atoms with Gasteiger partial charge in [0.1, 0.15) is 6.54 Å². The molecule has 0 unspecified atom stereocenters. The number of carboxylic acid groups (broad SMARTS) is 1. The highest BCUT2D eigenvalue weighted by molar-refractivity contribution is 5.72. The van der Waals surface area contributed by atoms with Crippen molar-refractivity contribution in [2.75, 3.05) is 11.4 Å². The minimum Gasteiger partial charge on any atom is -0.480 e. The van der Waals surface area contributed by atoms with Crippen LogP contribution in [0.3, 0.4) is 0 Å². The fourth-order valence-corrected chi connectivity index (χ4v) is 1.20. The Morgan fingerprint density at radius 2 is 1.94 bits per heavy atom. The van der Waals surface area contributed by atoms with E-state index in [4.69, 9.17) is 5.11 Å². The lowest BCUT2D eigenvalue weighted by atomic mass is 10.3. The third-order valence-electron chi connectivity index (χ3n) is 2.27. The number of aromatic nitrogens is 3. The van der Waals surface area contributed by atoms with Crippen molar-refractivity contribution in [1.82, 2.24) is 15.2 Å². The van der Waals surface area contributed by atoms with Gasteiger partial charge in [0.15, 0.2) is 0 Å². The molecule has 6 nitrogen and oxygen atoms in total. The standard InChI is InChI=1S/C10H16N4O2/c1-6(2)14(5-9(15)16)10-11-7(3)8(4)12-13-10/h6H,5H2,1-4H3,(H,15,16). The highest BCUT2D eigenvalue weighted by Crippen LogP contribution is 2.11. The molecule has 0 bridgehead atoms. The van der Waals surface area contributed by atoms with Crippen molar-refractivity contribution >= 4 is 11.9 Å². The van der Waals surface area contributed by atoms with Crippen molar-refractivity contribution in [2.45, 2.75) is 33.7 Å². The first-order valence-electron chi connectivity index (χ1n) is 5.08. The summed E-state index contributed by atoms with van der Waals surface area (Å²) in [5.41, 5.74) is 1.52.